The van der Waals surface area contributed by atoms with E-state index in [0.29, 0.717) is 12.2 Å². The molecular weight excluding hydrogens is 271 g/mol. The van der Waals surface area contributed by atoms with Crippen LogP contribution in [0.3, 0.4) is 0 Å². The number of hydrogen-bond acceptors (Lipinski definition) is 3. The van der Waals surface area contributed by atoms with Crippen molar-refractivity contribution in [2.45, 2.75) is 6.54 Å². The third-order valence-electron chi connectivity index (χ3n) is 3.16. The Hall–Kier alpha value is -2.38. The van der Waals surface area contributed by atoms with Crippen molar-refractivity contribution in [3.8, 4) is 6.07 Å². The van der Waals surface area contributed by atoms with Gasteiger partial charge in [-0.1, -0.05) is 24.3 Å². The number of anilines is 1. The van der Waals surface area contributed by atoms with Gasteiger partial charge in [0.1, 0.15) is 17.4 Å². The molecule has 0 bridgehead atoms. The minimum atomic E-state index is -0.493. The quantitative estimate of drug-likeness (QED) is 0.766. The number of thiophene rings is 1. The van der Waals surface area contributed by atoms with Crippen molar-refractivity contribution in [3.63, 3.8) is 0 Å². The summed E-state index contributed by atoms with van der Waals surface area (Å²) < 4.78 is 14.7. The molecule has 0 atom stereocenters. The summed E-state index contributed by atoms with van der Waals surface area (Å²) in [5, 5.41) is 15.4. The highest BCUT2D eigenvalue weighted by Gasteiger charge is 2.08. The van der Waals surface area contributed by atoms with E-state index in [2.05, 4.69) is 22.8 Å². The van der Waals surface area contributed by atoms with Gasteiger partial charge in [0.2, 0.25) is 0 Å². The van der Waals surface area contributed by atoms with Crippen LogP contribution in [-0.4, -0.2) is 0 Å². The average Bonchev–Trinajstić information content (AvgIpc) is 2.88. The first-order valence-corrected chi connectivity index (χ1v) is 7.05. The van der Waals surface area contributed by atoms with Gasteiger partial charge in [-0.05, 0) is 34.5 Å². The minimum absolute atomic E-state index is 0.0621. The SMILES string of the molecule is N#Cc1c(F)cccc1NCc1csc2ccccc12. The van der Waals surface area contributed by atoms with Crippen LogP contribution in [0.4, 0.5) is 10.1 Å². The third kappa shape index (κ3) is 2.24. The van der Waals surface area contributed by atoms with Gasteiger partial charge in [0.05, 0.1) is 5.69 Å². The number of nitrogens with one attached hydrogen (secondary N) is 1. The Bertz CT molecular complexity index is 802. The average molecular weight is 282 g/mol. The van der Waals surface area contributed by atoms with Gasteiger partial charge in [-0.25, -0.2) is 4.39 Å². The lowest BCUT2D eigenvalue weighted by atomic mass is 10.1. The highest BCUT2D eigenvalue weighted by molar-refractivity contribution is 7.17. The fraction of sp³-hybridized carbons (Fsp3) is 0.0625. The van der Waals surface area contributed by atoms with E-state index < -0.39 is 5.82 Å². The number of fused-ring (bicyclic) bond motifs is 1. The molecule has 1 N–H and O–H groups in total. The summed E-state index contributed by atoms with van der Waals surface area (Å²) >= 11 is 1.68. The van der Waals surface area contributed by atoms with Crippen molar-refractivity contribution in [3.05, 3.63) is 64.8 Å². The summed E-state index contributed by atoms with van der Waals surface area (Å²) in [6, 6.07) is 14.7. The van der Waals surface area contributed by atoms with Gasteiger partial charge in [-0.15, -0.1) is 11.3 Å². The van der Waals surface area contributed by atoms with E-state index in [1.807, 2.05) is 18.2 Å². The number of nitriles is 1. The summed E-state index contributed by atoms with van der Waals surface area (Å²) in [5.41, 5.74) is 1.74. The van der Waals surface area contributed by atoms with Gasteiger partial charge >= 0.3 is 0 Å². The van der Waals surface area contributed by atoms with Crippen LogP contribution < -0.4 is 5.32 Å². The molecule has 2 aromatic carbocycles. The van der Waals surface area contributed by atoms with Crippen LogP contribution in [-0.2, 0) is 6.54 Å². The highest BCUT2D eigenvalue weighted by Crippen LogP contribution is 2.27. The van der Waals surface area contributed by atoms with Gasteiger partial charge in [0.25, 0.3) is 0 Å². The van der Waals surface area contributed by atoms with Crippen molar-refractivity contribution in [1.82, 2.24) is 0 Å². The molecule has 0 radical (unpaired) electrons. The Balaban J connectivity index is 1.87. The minimum Gasteiger partial charge on any atom is -0.380 e. The normalized spacial score (nSPS) is 10.4. The molecule has 1 aromatic heterocycles. The van der Waals surface area contributed by atoms with Crippen LogP contribution in [0.2, 0.25) is 0 Å². The molecule has 0 saturated carbocycles. The first-order valence-electron chi connectivity index (χ1n) is 6.17. The van der Waals surface area contributed by atoms with Crippen LogP contribution in [0.1, 0.15) is 11.1 Å². The Morgan fingerprint density at radius 3 is 2.85 bits per heavy atom. The smallest absolute Gasteiger partial charge is 0.143 e. The highest BCUT2D eigenvalue weighted by atomic mass is 32.1. The van der Waals surface area contributed by atoms with E-state index in [1.165, 1.54) is 16.2 Å². The maximum Gasteiger partial charge on any atom is 0.143 e. The largest absolute Gasteiger partial charge is 0.380 e. The Morgan fingerprint density at radius 2 is 2.00 bits per heavy atom. The summed E-state index contributed by atoms with van der Waals surface area (Å²) in [4.78, 5) is 0. The molecular formula is C16H11FN2S. The predicted octanol–water partition coefficient (Wildman–Crippen LogP) is 4.52. The molecule has 0 unspecified atom stereocenters. The van der Waals surface area contributed by atoms with E-state index in [9.17, 15) is 4.39 Å². The first kappa shape index (κ1) is 12.6. The second-order valence-electron chi connectivity index (χ2n) is 4.38. The zero-order valence-electron chi connectivity index (χ0n) is 10.6. The number of hydrogen-bond donors (Lipinski definition) is 1. The van der Waals surface area contributed by atoms with Crippen molar-refractivity contribution in [2.75, 3.05) is 5.32 Å². The van der Waals surface area contributed by atoms with E-state index in [4.69, 9.17) is 5.26 Å². The molecule has 3 aromatic rings. The van der Waals surface area contributed by atoms with Crippen molar-refractivity contribution < 1.29 is 4.39 Å². The summed E-state index contributed by atoms with van der Waals surface area (Å²) in [6.45, 7) is 0.572. The maximum atomic E-state index is 13.5. The number of nitrogens with zero attached hydrogens (tertiary/aromatic N) is 1. The van der Waals surface area contributed by atoms with Crippen LogP contribution in [0, 0.1) is 17.1 Å². The van der Waals surface area contributed by atoms with Gasteiger partial charge < -0.3 is 5.32 Å². The molecule has 0 aliphatic rings. The van der Waals surface area contributed by atoms with Crippen molar-refractivity contribution in [2.24, 2.45) is 0 Å². The third-order valence-corrected chi connectivity index (χ3v) is 4.17. The second-order valence-corrected chi connectivity index (χ2v) is 5.30. The Labute approximate surface area is 120 Å². The monoisotopic (exact) mass is 282 g/mol. The molecule has 0 fully saturated rings. The molecule has 0 saturated heterocycles. The standard InChI is InChI=1S/C16H11FN2S/c17-14-5-3-6-15(13(14)8-18)19-9-11-10-20-16-7-2-1-4-12(11)16/h1-7,10,19H,9H2. The topological polar surface area (TPSA) is 35.8 Å². The van der Waals surface area contributed by atoms with E-state index in [0.717, 1.165) is 5.56 Å². The van der Waals surface area contributed by atoms with E-state index >= 15 is 0 Å². The molecule has 4 heteroatoms. The Kier molecular flexibility index (Phi) is 3.36. The van der Waals surface area contributed by atoms with Crippen LogP contribution in [0.15, 0.2) is 47.8 Å². The fourth-order valence-electron chi connectivity index (χ4n) is 2.15. The van der Waals surface area contributed by atoms with Gasteiger partial charge in [-0.2, -0.15) is 5.26 Å². The zero-order chi connectivity index (χ0) is 13.9. The molecule has 0 aliphatic heterocycles. The lowest BCUT2D eigenvalue weighted by Crippen LogP contribution is -2.01. The van der Waals surface area contributed by atoms with E-state index in [1.54, 1.807) is 23.5 Å². The maximum absolute atomic E-state index is 13.5. The van der Waals surface area contributed by atoms with Crippen molar-refractivity contribution >= 4 is 27.1 Å². The molecule has 98 valence electrons. The molecule has 3 rings (SSSR count). The van der Waals surface area contributed by atoms with Crippen LogP contribution >= 0.6 is 11.3 Å². The first-order chi connectivity index (χ1) is 9.79. The molecule has 20 heavy (non-hydrogen) atoms. The molecule has 0 aliphatic carbocycles. The fourth-order valence-corrected chi connectivity index (χ4v) is 3.11. The molecule has 0 amide bonds. The molecule has 0 spiro atoms. The number of halogens is 1. The summed E-state index contributed by atoms with van der Waals surface area (Å²) in [6.07, 6.45) is 0. The van der Waals surface area contributed by atoms with Gasteiger partial charge in [-0.3, -0.25) is 0 Å². The van der Waals surface area contributed by atoms with Crippen LogP contribution in [0.5, 0.6) is 0 Å². The van der Waals surface area contributed by atoms with Crippen molar-refractivity contribution in [1.29, 1.82) is 5.26 Å². The predicted molar refractivity (Wildman–Crippen MR) is 80.3 cm³/mol. The number of rotatable bonds is 3. The van der Waals surface area contributed by atoms with Gasteiger partial charge in [0, 0.05) is 11.2 Å². The lowest BCUT2D eigenvalue weighted by molar-refractivity contribution is 0.624. The summed E-state index contributed by atoms with van der Waals surface area (Å²) in [7, 11) is 0. The number of benzene rings is 2. The molecule has 2 nitrogen and oxygen atoms in total. The Morgan fingerprint density at radius 1 is 1.15 bits per heavy atom. The molecule has 1 heterocycles. The lowest BCUT2D eigenvalue weighted by Gasteiger charge is -2.08. The van der Waals surface area contributed by atoms with E-state index in [-0.39, 0.29) is 5.56 Å². The van der Waals surface area contributed by atoms with Gasteiger partial charge in [0.15, 0.2) is 0 Å². The summed E-state index contributed by atoms with van der Waals surface area (Å²) in [5.74, 6) is -0.493. The van der Waals surface area contributed by atoms with Crippen LogP contribution in [0.25, 0.3) is 10.1 Å². The second kappa shape index (κ2) is 5.32. The zero-order valence-corrected chi connectivity index (χ0v) is 11.4.